The van der Waals surface area contributed by atoms with Crippen molar-refractivity contribution >= 4 is 11.8 Å². The fourth-order valence-electron chi connectivity index (χ4n) is 3.10. The highest BCUT2D eigenvalue weighted by Crippen LogP contribution is 2.23. The van der Waals surface area contributed by atoms with E-state index < -0.39 is 18.8 Å². The molecule has 8 heteroatoms. The van der Waals surface area contributed by atoms with Crippen molar-refractivity contribution in [2.45, 2.75) is 43.9 Å². The molecule has 2 aliphatic heterocycles. The molecule has 2 N–H and O–H groups in total. The van der Waals surface area contributed by atoms with Crippen LogP contribution in [0.1, 0.15) is 26.2 Å². The number of amides is 2. The van der Waals surface area contributed by atoms with E-state index in [0.29, 0.717) is 25.9 Å². The minimum atomic E-state index is -1.13. The van der Waals surface area contributed by atoms with Gasteiger partial charge in [-0.15, -0.1) is 0 Å². The minimum Gasteiger partial charge on any atom is -0.387 e. The smallest absolute Gasteiger partial charge is 0.248 e. The summed E-state index contributed by atoms with van der Waals surface area (Å²) in [7, 11) is 0. The van der Waals surface area contributed by atoms with Gasteiger partial charge in [0.2, 0.25) is 11.8 Å². The molecule has 0 bridgehead atoms. The monoisotopic (exact) mass is 326 g/mol. The molecular formula is C15H23FN4O3. The zero-order valence-corrected chi connectivity index (χ0v) is 13.3. The lowest BCUT2D eigenvalue weighted by Gasteiger charge is -2.40. The number of rotatable bonds is 4. The fraction of sp³-hybridized carbons (Fsp3) is 0.800. The number of aliphatic hydroxyl groups is 1. The van der Waals surface area contributed by atoms with Crippen molar-refractivity contribution < 1.29 is 19.1 Å². The molecule has 7 nitrogen and oxygen atoms in total. The van der Waals surface area contributed by atoms with Crippen LogP contribution in [0.2, 0.25) is 0 Å². The van der Waals surface area contributed by atoms with E-state index in [2.05, 4.69) is 5.32 Å². The highest BCUT2D eigenvalue weighted by Gasteiger charge is 2.37. The summed E-state index contributed by atoms with van der Waals surface area (Å²) in [4.78, 5) is 26.6. The van der Waals surface area contributed by atoms with E-state index in [0.717, 1.165) is 0 Å². The van der Waals surface area contributed by atoms with Gasteiger partial charge in [-0.05, 0) is 19.8 Å². The van der Waals surface area contributed by atoms with E-state index >= 15 is 0 Å². The Hall–Kier alpha value is -1.72. The Morgan fingerprint density at radius 3 is 2.61 bits per heavy atom. The van der Waals surface area contributed by atoms with E-state index in [4.69, 9.17) is 10.4 Å². The van der Waals surface area contributed by atoms with Crippen LogP contribution < -0.4 is 5.32 Å². The molecule has 0 aromatic heterocycles. The summed E-state index contributed by atoms with van der Waals surface area (Å²) < 4.78 is 13.4. The number of halogens is 1. The van der Waals surface area contributed by atoms with Crippen LogP contribution in [0, 0.1) is 11.3 Å². The van der Waals surface area contributed by atoms with Gasteiger partial charge in [0.05, 0.1) is 19.2 Å². The zero-order valence-electron chi connectivity index (χ0n) is 13.3. The number of nitrogens with zero attached hydrogens (tertiary/aromatic N) is 3. The number of likely N-dealkylation sites (tertiary alicyclic amines) is 2. The lowest BCUT2D eigenvalue weighted by atomic mass is 9.89. The van der Waals surface area contributed by atoms with Crippen molar-refractivity contribution in [2.24, 2.45) is 0 Å². The number of nitriles is 1. The summed E-state index contributed by atoms with van der Waals surface area (Å²) in [5, 5.41) is 21.0. The van der Waals surface area contributed by atoms with Crippen LogP contribution in [0.25, 0.3) is 0 Å². The van der Waals surface area contributed by atoms with Crippen LogP contribution in [-0.2, 0) is 9.59 Å². The fourth-order valence-corrected chi connectivity index (χ4v) is 3.10. The van der Waals surface area contributed by atoms with Crippen molar-refractivity contribution in [3.63, 3.8) is 0 Å². The van der Waals surface area contributed by atoms with Gasteiger partial charge >= 0.3 is 0 Å². The molecule has 0 radical (unpaired) electrons. The Kier molecular flexibility index (Phi) is 5.55. The predicted octanol–water partition coefficient (Wildman–Crippen LogP) is -0.588. The van der Waals surface area contributed by atoms with Gasteiger partial charge in [0.15, 0.2) is 0 Å². The third-order valence-electron chi connectivity index (χ3n) is 4.74. The molecule has 0 spiro atoms. The maximum Gasteiger partial charge on any atom is 0.248 e. The Morgan fingerprint density at radius 1 is 1.39 bits per heavy atom. The molecule has 2 amide bonds. The number of aliphatic hydroxyl groups excluding tert-OH is 1. The molecule has 0 saturated carbocycles. The van der Waals surface area contributed by atoms with E-state index in [-0.39, 0.29) is 36.9 Å². The first-order valence-corrected chi connectivity index (χ1v) is 7.85. The molecule has 0 aromatic rings. The van der Waals surface area contributed by atoms with Crippen LogP contribution in [0.4, 0.5) is 4.39 Å². The van der Waals surface area contributed by atoms with E-state index in [1.165, 1.54) is 4.90 Å². The summed E-state index contributed by atoms with van der Waals surface area (Å²) in [6, 6.07) is 1.28. The standard InChI is InChI=1S/C15H23FN4O3/c1-15(2-4-19(5-3-15)14(23)10-21)18-8-13(22)20-9-11(16)6-12(20)7-17/h11-12,18,21H,2-6,8-10H2,1H3/t11-,12-/m0/s1. The van der Waals surface area contributed by atoms with Crippen LogP contribution in [0.3, 0.4) is 0 Å². The average molecular weight is 326 g/mol. The maximum absolute atomic E-state index is 13.4. The second kappa shape index (κ2) is 7.23. The van der Waals surface area contributed by atoms with Gasteiger partial charge in [0.1, 0.15) is 18.8 Å². The number of piperidine rings is 1. The van der Waals surface area contributed by atoms with E-state index in [1.54, 1.807) is 4.90 Å². The summed E-state index contributed by atoms with van der Waals surface area (Å²) >= 11 is 0. The first-order valence-electron chi connectivity index (χ1n) is 7.85. The number of hydrogen-bond acceptors (Lipinski definition) is 5. The van der Waals surface area contributed by atoms with Gasteiger partial charge in [-0.25, -0.2) is 4.39 Å². The Morgan fingerprint density at radius 2 is 2.04 bits per heavy atom. The van der Waals surface area contributed by atoms with Crippen LogP contribution >= 0.6 is 0 Å². The van der Waals surface area contributed by atoms with E-state index in [9.17, 15) is 14.0 Å². The van der Waals surface area contributed by atoms with Gasteiger partial charge in [-0.1, -0.05) is 0 Å². The van der Waals surface area contributed by atoms with Crippen molar-refractivity contribution in [2.75, 3.05) is 32.8 Å². The first kappa shape index (κ1) is 17.6. The molecule has 2 heterocycles. The van der Waals surface area contributed by atoms with Crippen molar-refractivity contribution in [1.82, 2.24) is 15.1 Å². The molecule has 2 atom stereocenters. The second-order valence-electron chi connectivity index (χ2n) is 6.48. The summed E-state index contributed by atoms with van der Waals surface area (Å²) in [5.41, 5.74) is -0.293. The van der Waals surface area contributed by atoms with Gasteiger partial charge < -0.3 is 20.2 Å². The van der Waals surface area contributed by atoms with Crippen molar-refractivity contribution in [1.29, 1.82) is 5.26 Å². The number of alkyl halides is 1. The average Bonchev–Trinajstić information content (AvgIpc) is 2.94. The number of carbonyl (C=O) groups is 2. The second-order valence-corrected chi connectivity index (χ2v) is 6.48. The van der Waals surface area contributed by atoms with Gasteiger partial charge in [0.25, 0.3) is 0 Å². The molecule has 0 aliphatic carbocycles. The lowest BCUT2D eigenvalue weighted by molar-refractivity contribution is -0.136. The number of nitrogens with one attached hydrogen (secondary N) is 1. The third-order valence-corrected chi connectivity index (χ3v) is 4.74. The largest absolute Gasteiger partial charge is 0.387 e. The highest BCUT2D eigenvalue weighted by atomic mass is 19.1. The normalized spacial score (nSPS) is 26.9. The highest BCUT2D eigenvalue weighted by molar-refractivity contribution is 5.79. The van der Waals surface area contributed by atoms with Crippen LogP contribution in [-0.4, -0.2) is 77.3 Å². The quantitative estimate of drug-likeness (QED) is 0.720. The summed E-state index contributed by atoms with van der Waals surface area (Å²) in [5.74, 6) is -0.558. The van der Waals surface area contributed by atoms with Crippen LogP contribution in [0.15, 0.2) is 0 Å². The topological polar surface area (TPSA) is 96.7 Å². The third kappa shape index (κ3) is 4.18. The van der Waals surface area contributed by atoms with Crippen molar-refractivity contribution in [3.8, 4) is 6.07 Å². The molecular weight excluding hydrogens is 303 g/mol. The zero-order chi connectivity index (χ0) is 17.0. The molecule has 2 aliphatic rings. The van der Waals surface area contributed by atoms with Gasteiger partial charge in [-0.2, -0.15) is 5.26 Å². The number of carbonyl (C=O) groups excluding carboxylic acids is 2. The molecule has 128 valence electrons. The SMILES string of the molecule is CC1(NCC(=O)N2C[C@@H](F)C[C@H]2C#N)CCN(C(=O)CO)CC1. The molecule has 23 heavy (non-hydrogen) atoms. The Balaban J connectivity index is 1.83. The van der Waals surface area contributed by atoms with Crippen LogP contribution in [0.5, 0.6) is 0 Å². The van der Waals surface area contributed by atoms with Crippen molar-refractivity contribution in [3.05, 3.63) is 0 Å². The molecule has 2 rings (SSSR count). The first-order chi connectivity index (χ1) is 10.9. The molecule has 0 unspecified atom stereocenters. The number of hydrogen-bond donors (Lipinski definition) is 2. The molecule has 2 fully saturated rings. The van der Waals surface area contributed by atoms with Gasteiger partial charge in [-0.3, -0.25) is 9.59 Å². The molecule has 2 saturated heterocycles. The molecule has 0 aromatic carbocycles. The lowest BCUT2D eigenvalue weighted by Crippen LogP contribution is -2.55. The minimum absolute atomic E-state index is 0.0196. The Bertz CT molecular complexity index is 499. The summed E-state index contributed by atoms with van der Waals surface area (Å²) in [6.45, 7) is 2.56. The van der Waals surface area contributed by atoms with E-state index in [1.807, 2.05) is 13.0 Å². The predicted molar refractivity (Wildman–Crippen MR) is 79.9 cm³/mol. The summed E-state index contributed by atoms with van der Waals surface area (Å²) in [6.07, 6.45) is 0.281. The maximum atomic E-state index is 13.4. The Labute approximate surface area is 135 Å². The van der Waals surface area contributed by atoms with Gasteiger partial charge in [0, 0.05) is 25.0 Å².